The molecule has 1 aliphatic rings. The molecule has 2 rings (SSSR count). The zero-order valence-corrected chi connectivity index (χ0v) is 11.4. The number of benzene rings is 1. The molecule has 1 heterocycles. The van der Waals surface area contributed by atoms with Crippen LogP contribution in [-0.4, -0.2) is 15.5 Å². The lowest BCUT2D eigenvalue weighted by molar-refractivity contribution is 0.415. The topological polar surface area (TPSA) is 46.6 Å². The Bertz CT molecular complexity index is 612. The fraction of sp³-hybridized carbons (Fsp3) is 0.231. The maximum Gasteiger partial charge on any atom is 0.261 e. The maximum atomic E-state index is 12.1. The summed E-state index contributed by atoms with van der Waals surface area (Å²) in [5.41, 5.74) is 2.02. The van der Waals surface area contributed by atoms with Crippen LogP contribution < -0.4 is 9.04 Å². The number of ether oxygens (including phenoxy) is 1. The van der Waals surface area contributed by atoms with E-state index in [4.69, 9.17) is 4.74 Å². The van der Waals surface area contributed by atoms with Gasteiger partial charge in [0.05, 0.1) is 18.2 Å². The van der Waals surface area contributed by atoms with Crippen molar-refractivity contribution in [2.24, 2.45) is 0 Å². The van der Waals surface area contributed by atoms with E-state index < -0.39 is 10.0 Å². The van der Waals surface area contributed by atoms with Crippen molar-refractivity contribution in [3.05, 3.63) is 47.0 Å². The second kappa shape index (κ2) is 4.49. The number of nitrogens with zero attached hydrogens (tertiary/aromatic N) is 1. The van der Waals surface area contributed by atoms with E-state index in [1.54, 1.807) is 45.2 Å². The van der Waals surface area contributed by atoms with Crippen LogP contribution in [0.3, 0.4) is 0 Å². The highest BCUT2D eigenvalue weighted by Gasteiger charge is 2.25. The van der Waals surface area contributed by atoms with Gasteiger partial charge < -0.3 is 4.74 Å². The highest BCUT2D eigenvalue weighted by Crippen LogP contribution is 2.29. The predicted molar refractivity (Wildman–Crippen MR) is 71.9 cm³/mol. The summed E-state index contributed by atoms with van der Waals surface area (Å²) in [6.45, 7) is 3.55. The fourth-order valence-electron chi connectivity index (χ4n) is 1.98. The van der Waals surface area contributed by atoms with E-state index in [-0.39, 0.29) is 0 Å². The first-order chi connectivity index (χ1) is 8.44. The molecule has 1 aromatic carbocycles. The molecular weight excluding hydrogens is 250 g/mol. The van der Waals surface area contributed by atoms with Gasteiger partial charge in [-0.25, -0.2) is 12.7 Å². The van der Waals surface area contributed by atoms with Crippen LogP contribution in [0.15, 0.2) is 47.0 Å². The second-order valence-corrected chi connectivity index (χ2v) is 5.79. The summed E-state index contributed by atoms with van der Waals surface area (Å²) in [7, 11) is -1.86. The van der Waals surface area contributed by atoms with Crippen LogP contribution in [0.25, 0.3) is 0 Å². The molecule has 1 aliphatic heterocycles. The van der Waals surface area contributed by atoms with Crippen molar-refractivity contribution >= 4 is 15.7 Å². The molecule has 0 aromatic heterocycles. The van der Waals surface area contributed by atoms with Crippen LogP contribution >= 0.6 is 0 Å². The van der Waals surface area contributed by atoms with Crippen molar-refractivity contribution in [2.75, 3.05) is 11.4 Å². The Labute approximate surface area is 107 Å². The number of hydrogen-bond donors (Lipinski definition) is 0. The number of allylic oxidation sites excluding steroid dienone is 3. The first-order valence-electron chi connectivity index (χ1n) is 5.50. The van der Waals surface area contributed by atoms with Crippen molar-refractivity contribution in [3.8, 4) is 5.75 Å². The maximum absolute atomic E-state index is 12.1. The highest BCUT2D eigenvalue weighted by atomic mass is 32.2. The first kappa shape index (κ1) is 12.7. The number of anilines is 1. The number of methoxy groups -OCH3 is 1. The molecule has 0 amide bonds. The van der Waals surface area contributed by atoms with Gasteiger partial charge in [0.15, 0.2) is 0 Å². The standard InChI is InChI=1S/C13H15NO3S/c1-10-8-11(2)14(18(15,16)9-10)12-4-6-13(17-3)7-5-12/h4-9H,1-3H3. The molecule has 18 heavy (non-hydrogen) atoms. The van der Waals surface area contributed by atoms with Crippen LogP contribution in [0.5, 0.6) is 5.75 Å². The summed E-state index contributed by atoms with van der Waals surface area (Å²) >= 11 is 0. The van der Waals surface area contributed by atoms with Gasteiger partial charge in [-0.15, -0.1) is 0 Å². The van der Waals surface area contributed by atoms with E-state index in [1.807, 2.05) is 6.08 Å². The quantitative estimate of drug-likeness (QED) is 0.826. The summed E-state index contributed by atoms with van der Waals surface area (Å²) in [6, 6.07) is 6.93. The smallest absolute Gasteiger partial charge is 0.261 e. The molecular formula is C13H15NO3S. The van der Waals surface area contributed by atoms with Crippen LogP contribution in [-0.2, 0) is 10.0 Å². The lowest BCUT2D eigenvalue weighted by Gasteiger charge is -2.26. The highest BCUT2D eigenvalue weighted by molar-refractivity contribution is 7.95. The third kappa shape index (κ3) is 2.26. The summed E-state index contributed by atoms with van der Waals surface area (Å²) in [6.07, 6.45) is 1.84. The van der Waals surface area contributed by atoms with Gasteiger partial charge in [0.1, 0.15) is 5.75 Å². The summed E-state index contributed by atoms with van der Waals surface area (Å²) in [4.78, 5) is 0. The van der Waals surface area contributed by atoms with E-state index >= 15 is 0 Å². The fourth-order valence-corrected chi connectivity index (χ4v) is 3.49. The van der Waals surface area contributed by atoms with E-state index in [1.165, 1.54) is 9.71 Å². The Morgan fingerprint density at radius 3 is 2.22 bits per heavy atom. The van der Waals surface area contributed by atoms with E-state index in [0.717, 1.165) is 5.57 Å². The first-order valence-corrected chi connectivity index (χ1v) is 7.00. The lowest BCUT2D eigenvalue weighted by Crippen LogP contribution is -2.29. The third-order valence-electron chi connectivity index (χ3n) is 2.65. The zero-order valence-electron chi connectivity index (χ0n) is 10.5. The lowest BCUT2D eigenvalue weighted by atomic mass is 10.2. The molecule has 0 radical (unpaired) electrons. The van der Waals surface area contributed by atoms with E-state index in [2.05, 4.69) is 0 Å². The number of sulfonamides is 1. The van der Waals surface area contributed by atoms with Gasteiger partial charge in [-0.2, -0.15) is 0 Å². The van der Waals surface area contributed by atoms with Crippen LogP contribution in [0.4, 0.5) is 5.69 Å². The minimum atomic E-state index is -3.43. The number of rotatable bonds is 2. The summed E-state index contributed by atoms with van der Waals surface area (Å²) in [5, 5.41) is 1.27. The SMILES string of the molecule is COc1ccc(N2C(C)=CC(C)=CS2(=O)=O)cc1. The van der Waals surface area contributed by atoms with Gasteiger partial charge in [-0.05, 0) is 49.8 Å². The average molecular weight is 265 g/mol. The van der Waals surface area contributed by atoms with Crippen molar-refractivity contribution < 1.29 is 13.2 Å². The van der Waals surface area contributed by atoms with Gasteiger partial charge in [0, 0.05) is 5.70 Å². The van der Waals surface area contributed by atoms with Crippen LogP contribution in [0.2, 0.25) is 0 Å². The molecule has 5 heteroatoms. The molecule has 96 valence electrons. The van der Waals surface area contributed by atoms with E-state index in [0.29, 0.717) is 17.1 Å². The van der Waals surface area contributed by atoms with Crippen LogP contribution in [0, 0.1) is 0 Å². The minimum Gasteiger partial charge on any atom is -0.497 e. The van der Waals surface area contributed by atoms with Gasteiger partial charge in [-0.3, -0.25) is 0 Å². The average Bonchev–Trinajstić information content (AvgIpc) is 2.27. The molecule has 0 aliphatic carbocycles. The van der Waals surface area contributed by atoms with Gasteiger partial charge >= 0.3 is 0 Å². The molecule has 0 N–H and O–H groups in total. The monoisotopic (exact) mass is 265 g/mol. The minimum absolute atomic E-state index is 0.605. The third-order valence-corrected chi connectivity index (χ3v) is 4.33. The van der Waals surface area contributed by atoms with Crippen molar-refractivity contribution in [1.29, 1.82) is 0 Å². The Morgan fingerprint density at radius 1 is 1.11 bits per heavy atom. The molecule has 1 aromatic rings. The predicted octanol–water partition coefficient (Wildman–Crippen LogP) is 2.65. The molecule has 0 spiro atoms. The van der Waals surface area contributed by atoms with Crippen molar-refractivity contribution in [2.45, 2.75) is 13.8 Å². The molecule has 0 atom stereocenters. The largest absolute Gasteiger partial charge is 0.497 e. The Balaban J connectivity index is 2.47. The summed E-state index contributed by atoms with van der Waals surface area (Å²) < 4.78 is 30.6. The normalized spacial score (nSPS) is 18.1. The molecule has 0 unspecified atom stereocenters. The van der Waals surface area contributed by atoms with Gasteiger partial charge in [0.2, 0.25) is 0 Å². The Morgan fingerprint density at radius 2 is 1.72 bits per heavy atom. The molecule has 0 fully saturated rings. The van der Waals surface area contributed by atoms with Crippen LogP contribution in [0.1, 0.15) is 13.8 Å². The number of hydrogen-bond acceptors (Lipinski definition) is 3. The molecule has 0 saturated heterocycles. The summed E-state index contributed by atoms with van der Waals surface area (Å²) in [5.74, 6) is 0.696. The second-order valence-electron chi connectivity index (χ2n) is 4.15. The Kier molecular flexibility index (Phi) is 3.17. The van der Waals surface area contributed by atoms with Crippen molar-refractivity contribution in [1.82, 2.24) is 0 Å². The van der Waals surface area contributed by atoms with Gasteiger partial charge in [0.25, 0.3) is 10.0 Å². The van der Waals surface area contributed by atoms with Crippen molar-refractivity contribution in [3.63, 3.8) is 0 Å². The van der Waals surface area contributed by atoms with E-state index in [9.17, 15) is 8.42 Å². The molecule has 0 saturated carbocycles. The molecule has 4 nitrogen and oxygen atoms in total. The zero-order chi connectivity index (χ0) is 13.3. The molecule has 0 bridgehead atoms. The Hall–Kier alpha value is -1.75. The van der Waals surface area contributed by atoms with Gasteiger partial charge in [-0.1, -0.05) is 0 Å².